The minimum absolute atomic E-state index is 0. The number of nitrogens with zero attached hydrogens (tertiary/aromatic N) is 1. The first-order valence-electron chi connectivity index (χ1n) is 6.14. The average molecular weight is 417 g/mol. The third kappa shape index (κ3) is 3.79. The van der Waals surface area contributed by atoms with E-state index >= 15 is 0 Å². The predicted octanol–water partition coefficient (Wildman–Crippen LogP) is 2.82. The van der Waals surface area contributed by atoms with Gasteiger partial charge in [0.25, 0.3) is 5.91 Å². The van der Waals surface area contributed by atoms with Crippen LogP contribution in [0.15, 0.2) is 12.1 Å². The van der Waals surface area contributed by atoms with Crippen LogP contribution in [0.1, 0.15) is 23.2 Å². The van der Waals surface area contributed by atoms with Crippen LogP contribution in [0.2, 0.25) is 0 Å². The third-order valence-electron chi connectivity index (χ3n) is 3.43. The second-order valence-electron chi connectivity index (χ2n) is 4.60. The molecule has 0 radical (unpaired) electrons. The van der Waals surface area contributed by atoms with Gasteiger partial charge in [-0.05, 0) is 48.5 Å². The Bertz CT molecular complexity index is 494. The molecule has 0 aromatic heterocycles. The van der Waals surface area contributed by atoms with Gasteiger partial charge in [0.2, 0.25) is 0 Å². The molecule has 0 bridgehead atoms. The van der Waals surface area contributed by atoms with Crippen LogP contribution in [0.25, 0.3) is 0 Å². The standard InChI is InChI=1S/C13H15F2IN2O.ClH/c1-17-8-2-4-18(5-3-8)13(19)9-6-12(16)11(15)7-10(9)14;/h6-8,17H,2-5H2,1H3;1H. The highest BCUT2D eigenvalue weighted by Crippen LogP contribution is 2.20. The Hall–Kier alpha value is -0.470. The molecule has 7 heteroatoms. The van der Waals surface area contributed by atoms with Crippen molar-refractivity contribution in [1.82, 2.24) is 10.2 Å². The zero-order chi connectivity index (χ0) is 14.0. The molecule has 1 aliphatic heterocycles. The Balaban J connectivity index is 0.00000200. The first-order valence-corrected chi connectivity index (χ1v) is 7.22. The summed E-state index contributed by atoms with van der Waals surface area (Å²) < 4.78 is 27.1. The fraction of sp³-hybridized carbons (Fsp3) is 0.462. The Morgan fingerprint density at radius 2 is 1.90 bits per heavy atom. The number of likely N-dealkylation sites (tertiary alicyclic amines) is 1. The first kappa shape index (κ1) is 17.6. The van der Waals surface area contributed by atoms with Crippen molar-refractivity contribution in [2.75, 3.05) is 20.1 Å². The molecule has 1 aromatic rings. The topological polar surface area (TPSA) is 32.3 Å². The van der Waals surface area contributed by atoms with Gasteiger partial charge >= 0.3 is 0 Å². The number of carbonyl (C=O) groups excluding carboxylic acids is 1. The van der Waals surface area contributed by atoms with E-state index in [4.69, 9.17) is 0 Å². The number of nitrogens with one attached hydrogen (secondary N) is 1. The fourth-order valence-electron chi connectivity index (χ4n) is 2.23. The number of rotatable bonds is 2. The minimum atomic E-state index is -0.793. The van der Waals surface area contributed by atoms with Gasteiger partial charge in [0, 0.05) is 28.8 Å². The molecule has 0 unspecified atom stereocenters. The number of amides is 1. The lowest BCUT2D eigenvalue weighted by Crippen LogP contribution is -2.44. The van der Waals surface area contributed by atoms with Gasteiger partial charge in [-0.15, -0.1) is 12.4 Å². The van der Waals surface area contributed by atoms with Crippen LogP contribution >= 0.6 is 35.0 Å². The molecule has 1 saturated heterocycles. The molecule has 1 aromatic carbocycles. The van der Waals surface area contributed by atoms with Crippen molar-refractivity contribution in [3.05, 3.63) is 32.9 Å². The van der Waals surface area contributed by atoms with Crippen LogP contribution in [-0.4, -0.2) is 37.0 Å². The predicted molar refractivity (Wildman–Crippen MR) is 84.3 cm³/mol. The van der Waals surface area contributed by atoms with E-state index in [1.807, 2.05) is 7.05 Å². The molecule has 1 N–H and O–H groups in total. The number of carbonyl (C=O) groups is 1. The van der Waals surface area contributed by atoms with Gasteiger partial charge in [-0.3, -0.25) is 4.79 Å². The van der Waals surface area contributed by atoms with Crippen LogP contribution in [0.5, 0.6) is 0 Å². The Morgan fingerprint density at radius 3 is 2.45 bits per heavy atom. The van der Waals surface area contributed by atoms with E-state index in [1.54, 1.807) is 27.5 Å². The van der Waals surface area contributed by atoms with Gasteiger partial charge < -0.3 is 10.2 Å². The Labute approximate surface area is 136 Å². The van der Waals surface area contributed by atoms with Crippen LogP contribution in [-0.2, 0) is 0 Å². The van der Waals surface area contributed by atoms with Crippen LogP contribution in [0.3, 0.4) is 0 Å². The van der Waals surface area contributed by atoms with Crippen molar-refractivity contribution in [3.8, 4) is 0 Å². The molecule has 0 atom stereocenters. The number of hydrogen-bond acceptors (Lipinski definition) is 2. The van der Waals surface area contributed by atoms with Gasteiger partial charge in [-0.2, -0.15) is 0 Å². The number of hydrogen-bond donors (Lipinski definition) is 1. The zero-order valence-corrected chi connectivity index (χ0v) is 13.9. The van der Waals surface area contributed by atoms with Gasteiger partial charge in [-0.1, -0.05) is 0 Å². The van der Waals surface area contributed by atoms with Gasteiger partial charge in [0.1, 0.15) is 11.6 Å². The molecular weight excluding hydrogens is 401 g/mol. The molecule has 112 valence electrons. The first-order chi connectivity index (χ1) is 9.02. The van der Waals surface area contributed by atoms with Crippen LogP contribution in [0, 0.1) is 15.2 Å². The number of halogens is 4. The van der Waals surface area contributed by atoms with E-state index < -0.39 is 11.6 Å². The normalized spacial score (nSPS) is 15.9. The molecule has 2 rings (SSSR count). The lowest BCUT2D eigenvalue weighted by molar-refractivity contribution is 0.0702. The summed E-state index contributed by atoms with van der Waals surface area (Å²) in [6, 6.07) is 2.45. The zero-order valence-electron chi connectivity index (χ0n) is 11.0. The largest absolute Gasteiger partial charge is 0.338 e. The number of piperidine rings is 1. The summed E-state index contributed by atoms with van der Waals surface area (Å²) >= 11 is 1.76. The summed E-state index contributed by atoms with van der Waals surface area (Å²) in [5, 5.41) is 3.17. The summed E-state index contributed by atoms with van der Waals surface area (Å²) in [5.41, 5.74) is -0.0475. The summed E-state index contributed by atoms with van der Waals surface area (Å²) in [4.78, 5) is 13.8. The summed E-state index contributed by atoms with van der Waals surface area (Å²) in [7, 11) is 1.89. The second kappa shape index (κ2) is 7.51. The van der Waals surface area contributed by atoms with Crippen molar-refractivity contribution in [1.29, 1.82) is 0 Å². The highest BCUT2D eigenvalue weighted by molar-refractivity contribution is 14.1. The van der Waals surface area contributed by atoms with Crippen molar-refractivity contribution in [2.24, 2.45) is 0 Å². The molecule has 0 saturated carbocycles. The molecule has 0 aliphatic carbocycles. The SMILES string of the molecule is CNC1CCN(C(=O)c2cc(I)c(F)cc2F)CC1.Cl. The second-order valence-corrected chi connectivity index (χ2v) is 5.76. The highest BCUT2D eigenvalue weighted by Gasteiger charge is 2.25. The maximum atomic E-state index is 13.7. The summed E-state index contributed by atoms with van der Waals surface area (Å²) in [6.45, 7) is 1.19. The van der Waals surface area contributed by atoms with Gasteiger partial charge in [0.05, 0.1) is 5.56 Å². The van der Waals surface area contributed by atoms with Gasteiger partial charge in [0.15, 0.2) is 0 Å². The molecule has 1 amide bonds. The van der Waals surface area contributed by atoms with Crippen molar-refractivity contribution < 1.29 is 13.6 Å². The smallest absolute Gasteiger partial charge is 0.256 e. The molecular formula is C13H16ClF2IN2O. The third-order valence-corrected chi connectivity index (χ3v) is 4.26. The van der Waals surface area contributed by atoms with Crippen molar-refractivity contribution >= 4 is 40.9 Å². The van der Waals surface area contributed by atoms with Crippen LogP contribution < -0.4 is 5.32 Å². The van der Waals surface area contributed by atoms with E-state index in [2.05, 4.69) is 5.32 Å². The van der Waals surface area contributed by atoms with Gasteiger partial charge in [-0.25, -0.2) is 8.78 Å². The van der Waals surface area contributed by atoms with Crippen LogP contribution in [0.4, 0.5) is 8.78 Å². The Morgan fingerprint density at radius 1 is 1.30 bits per heavy atom. The number of benzene rings is 1. The minimum Gasteiger partial charge on any atom is -0.338 e. The summed E-state index contributed by atoms with van der Waals surface area (Å²) in [6.07, 6.45) is 1.70. The lowest BCUT2D eigenvalue weighted by Gasteiger charge is -2.32. The van der Waals surface area contributed by atoms with E-state index in [-0.39, 0.29) is 27.4 Å². The molecule has 1 fully saturated rings. The van der Waals surface area contributed by atoms with Crippen molar-refractivity contribution in [2.45, 2.75) is 18.9 Å². The monoisotopic (exact) mass is 416 g/mol. The molecule has 0 spiro atoms. The van der Waals surface area contributed by atoms with E-state index in [9.17, 15) is 13.6 Å². The molecule has 1 heterocycles. The average Bonchev–Trinajstić information content (AvgIpc) is 2.42. The fourth-order valence-corrected chi connectivity index (χ4v) is 2.70. The maximum Gasteiger partial charge on any atom is 0.256 e. The maximum absolute atomic E-state index is 13.7. The lowest BCUT2D eigenvalue weighted by atomic mass is 10.0. The summed E-state index contributed by atoms with van der Waals surface area (Å²) in [5.74, 6) is -1.79. The highest BCUT2D eigenvalue weighted by atomic mass is 127. The molecule has 3 nitrogen and oxygen atoms in total. The molecule has 20 heavy (non-hydrogen) atoms. The Kier molecular flexibility index (Phi) is 6.60. The van der Waals surface area contributed by atoms with E-state index in [1.165, 1.54) is 6.07 Å². The van der Waals surface area contributed by atoms with E-state index in [0.29, 0.717) is 19.1 Å². The van der Waals surface area contributed by atoms with E-state index in [0.717, 1.165) is 18.9 Å². The molecule has 1 aliphatic rings. The quantitative estimate of drug-likeness (QED) is 0.594. The van der Waals surface area contributed by atoms with Crippen molar-refractivity contribution in [3.63, 3.8) is 0 Å².